The maximum Gasteiger partial charge on any atom is 0.122 e. The van der Waals surface area contributed by atoms with E-state index < -0.39 is 6.10 Å². The summed E-state index contributed by atoms with van der Waals surface area (Å²) in [7, 11) is 0. The van der Waals surface area contributed by atoms with E-state index in [2.05, 4.69) is 28.9 Å². The SMILES string of the molecule is C=CCc1ccccc1OCC(O)CNc1ccc(N2CCOCC2)cc1. The van der Waals surface area contributed by atoms with Gasteiger partial charge in [-0.1, -0.05) is 24.3 Å². The normalized spacial score (nSPS) is 15.2. The van der Waals surface area contributed by atoms with Gasteiger partial charge in [-0.05, 0) is 42.3 Å². The number of ether oxygens (including phenoxy) is 2. The first kappa shape index (κ1) is 19.3. The molecule has 27 heavy (non-hydrogen) atoms. The fourth-order valence-electron chi connectivity index (χ4n) is 3.06. The Hall–Kier alpha value is -2.50. The van der Waals surface area contributed by atoms with Crippen molar-refractivity contribution < 1.29 is 14.6 Å². The van der Waals surface area contributed by atoms with E-state index in [-0.39, 0.29) is 6.61 Å². The second-order valence-corrected chi connectivity index (χ2v) is 6.59. The third-order valence-electron chi connectivity index (χ3n) is 4.55. The van der Waals surface area contributed by atoms with E-state index >= 15 is 0 Å². The predicted molar refractivity (Wildman–Crippen MR) is 110 cm³/mol. The highest BCUT2D eigenvalue weighted by Gasteiger charge is 2.11. The average Bonchev–Trinajstić information content (AvgIpc) is 2.73. The highest BCUT2D eigenvalue weighted by atomic mass is 16.5. The van der Waals surface area contributed by atoms with Crippen molar-refractivity contribution in [3.8, 4) is 5.75 Å². The lowest BCUT2D eigenvalue weighted by Crippen LogP contribution is -2.36. The van der Waals surface area contributed by atoms with Crippen molar-refractivity contribution >= 4 is 11.4 Å². The van der Waals surface area contributed by atoms with Crippen molar-refractivity contribution in [2.75, 3.05) is 49.7 Å². The van der Waals surface area contributed by atoms with Crippen LogP contribution in [0, 0.1) is 0 Å². The molecular weight excluding hydrogens is 340 g/mol. The fourth-order valence-corrected chi connectivity index (χ4v) is 3.06. The van der Waals surface area contributed by atoms with Gasteiger partial charge in [0.25, 0.3) is 0 Å². The van der Waals surface area contributed by atoms with Crippen LogP contribution in [0.15, 0.2) is 61.2 Å². The third-order valence-corrected chi connectivity index (χ3v) is 4.55. The molecule has 0 amide bonds. The Labute approximate surface area is 161 Å². The number of aliphatic hydroxyl groups excluding tert-OH is 1. The molecule has 3 rings (SSSR count). The lowest BCUT2D eigenvalue weighted by atomic mass is 10.1. The first-order valence-corrected chi connectivity index (χ1v) is 9.42. The van der Waals surface area contributed by atoms with Crippen LogP contribution in [0.5, 0.6) is 5.75 Å². The molecular formula is C22H28N2O3. The minimum absolute atomic E-state index is 0.243. The summed E-state index contributed by atoms with van der Waals surface area (Å²) in [6.07, 6.45) is 2.00. The summed E-state index contributed by atoms with van der Waals surface area (Å²) in [5, 5.41) is 13.5. The van der Waals surface area contributed by atoms with Gasteiger partial charge in [-0.3, -0.25) is 0 Å². The summed E-state index contributed by atoms with van der Waals surface area (Å²) in [5.41, 5.74) is 3.26. The molecule has 0 bridgehead atoms. The van der Waals surface area contributed by atoms with Crippen molar-refractivity contribution in [1.29, 1.82) is 0 Å². The Morgan fingerprint density at radius 3 is 2.63 bits per heavy atom. The Balaban J connectivity index is 1.45. The van der Waals surface area contributed by atoms with Gasteiger partial charge in [0, 0.05) is 31.0 Å². The number of anilines is 2. The summed E-state index contributed by atoms with van der Waals surface area (Å²) in [4.78, 5) is 2.32. The first-order chi connectivity index (χ1) is 13.3. The van der Waals surface area contributed by atoms with Gasteiger partial charge in [-0.2, -0.15) is 0 Å². The van der Waals surface area contributed by atoms with Crippen LogP contribution in [0.3, 0.4) is 0 Å². The number of hydrogen-bond donors (Lipinski definition) is 2. The maximum absolute atomic E-state index is 10.2. The molecule has 0 saturated carbocycles. The minimum atomic E-state index is -0.597. The van der Waals surface area contributed by atoms with E-state index in [0.717, 1.165) is 49.7 Å². The van der Waals surface area contributed by atoms with Gasteiger partial charge >= 0.3 is 0 Å². The standard InChI is InChI=1S/C22H28N2O3/c1-2-5-18-6-3-4-7-22(18)27-17-21(25)16-23-19-8-10-20(11-9-19)24-12-14-26-15-13-24/h2-4,6-11,21,23,25H,1,5,12-17H2. The summed E-state index contributed by atoms with van der Waals surface area (Å²) in [6, 6.07) is 16.1. The zero-order valence-corrected chi connectivity index (χ0v) is 15.6. The number of rotatable bonds is 9. The number of morpholine rings is 1. The van der Waals surface area contributed by atoms with Crippen molar-refractivity contribution in [3.63, 3.8) is 0 Å². The molecule has 2 N–H and O–H groups in total. The Morgan fingerprint density at radius 1 is 1.15 bits per heavy atom. The molecule has 5 nitrogen and oxygen atoms in total. The molecule has 1 saturated heterocycles. The highest BCUT2D eigenvalue weighted by molar-refractivity contribution is 5.55. The molecule has 0 aliphatic carbocycles. The average molecular weight is 368 g/mol. The first-order valence-electron chi connectivity index (χ1n) is 9.42. The molecule has 5 heteroatoms. The van der Waals surface area contributed by atoms with Gasteiger partial charge in [-0.25, -0.2) is 0 Å². The van der Waals surface area contributed by atoms with E-state index in [1.165, 1.54) is 5.69 Å². The van der Waals surface area contributed by atoms with Crippen molar-refractivity contribution in [3.05, 3.63) is 66.7 Å². The summed E-state index contributed by atoms with van der Waals surface area (Å²) in [6.45, 7) is 7.85. The van der Waals surface area contributed by atoms with E-state index in [4.69, 9.17) is 9.47 Å². The molecule has 1 aliphatic rings. The summed E-state index contributed by atoms with van der Waals surface area (Å²) < 4.78 is 11.2. The predicted octanol–water partition coefficient (Wildman–Crippen LogP) is 3.10. The lowest BCUT2D eigenvalue weighted by Gasteiger charge is -2.29. The van der Waals surface area contributed by atoms with Gasteiger partial charge < -0.3 is 24.8 Å². The molecule has 0 spiro atoms. The van der Waals surface area contributed by atoms with Crippen LogP contribution in [0.1, 0.15) is 5.56 Å². The van der Waals surface area contributed by atoms with Gasteiger partial charge in [0.05, 0.1) is 13.2 Å². The van der Waals surface area contributed by atoms with E-state index in [1.54, 1.807) is 0 Å². The molecule has 1 atom stereocenters. The Bertz CT molecular complexity index is 712. The topological polar surface area (TPSA) is 54.0 Å². The van der Waals surface area contributed by atoms with Crippen LogP contribution in [0.25, 0.3) is 0 Å². The second kappa shape index (κ2) is 10.00. The zero-order valence-electron chi connectivity index (χ0n) is 15.6. The molecule has 1 unspecified atom stereocenters. The summed E-state index contributed by atoms with van der Waals surface area (Å²) >= 11 is 0. The molecule has 0 radical (unpaired) electrons. The van der Waals surface area contributed by atoms with Gasteiger partial charge in [0.1, 0.15) is 18.5 Å². The molecule has 1 fully saturated rings. The molecule has 1 heterocycles. The van der Waals surface area contributed by atoms with Crippen molar-refractivity contribution in [1.82, 2.24) is 0 Å². The van der Waals surface area contributed by atoms with E-state index in [9.17, 15) is 5.11 Å². The monoisotopic (exact) mass is 368 g/mol. The molecule has 144 valence electrons. The molecule has 0 aromatic heterocycles. The minimum Gasteiger partial charge on any atom is -0.491 e. The lowest BCUT2D eigenvalue weighted by molar-refractivity contribution is 0.117. The third kappa shape index (κ3) is 5.74. The van der Waals surface area contributed by atoms with Gasteiger partial charge in [-0.15, -0.1) is 6.58 Å². The number of allylic oxidation sites excluding steroid dienone is 1. The smallest absolute Gasteiger partial charge is 0.122 e. The van der Waals surface area contributed by atoms with Gasteiger partial charge in [0.15, 0.2) is 0 Å². The number of para-hydroxylation sites is 1. The summed E-state index contributed by atoms with van der Waals surface area (Å²) in [5.74, 6) is 0.798. The number of nitrogens with one attached hydrogen (secondary N) is 1. The van der Waals surface area contributed by atoms with Crippen LogP contribution in [-0.2, 0) is 11.2 Å². The number of benzene rings is 2. The molecule has 2 aromatic carbocycles. The Morgan fingerprint density at radius 2 is 1.89 bits per heavy atom. The van der Waals surface area contributed by atoms with Crippen molar-refractivity contribution in [2.45, 2.75) is 12.5 Å². The Kier molecular flexibility index (Phi) is 7.13. The largest absolute Gasteiger partial charge is 0.491 e. The molecule has 1 aliphatic heterocycles. The van der Waals surface area contributed by atoms with E-state index in [0.29, 0.717) is 6.54 Å². The van der Waals surface area contributed by atoms with Crippen molar-refractivity contribution in [2.24, 2.45) is 0 Å². The zero-order chi connectivity index (χ0) is 18.9. The van der Waals surface area contributed by atoms with Crippen LogP contribution in [0.2, 0.25) is 0 Å². The fraction of sp³-hybridized carbons (Fsp3) is 0.364. The van der Waals surface area contributed by atoms with Crippen LogP contribution < -0.4 is 15.0 Å². The number of aliphatic hydroxyl groups is 1. The second-order valence-electron chi connectivity index (χ2n) is 6.59. The molecule has 2 aromatic rings. The quantitative estimate of drug-likeness (QED) is 0.666. The highest BCUT2D eigenvalue weighted by Crippen LogP contribution is 2.20. The van der Waals surface area contributed by atoms with Crippen LogP contribution in [-0.4, -0.2) is 50.7 Å². The van der Waals surface area contributed by atoms with Crippen LogP contribution >= 0.6 is 0 Å². The number of hydrogen-bond acceptors (Lipinski definition) is 5. The van der Waals surface area contributed by atoms with Gasteiger partial charge in [0.2, 0.25) is 0 Å². The maximum atomic E-state index is 10.2. The number of nitrogens with zero attached hydrogens (tertiary/aromatic N) is 1. The van der Waals surface area contributed by atoms with Crippen LogP contribution in [0.4, 0.5) is 11.4 Å². The van der Waals surface area contributed by atoms with E-state index in [1.807, 2.05) is 42.5 Å².